The standard InChI is InChI=1S/C17H24N2O2/c1-3-18-10-15-14-6-4-5-7-16(14)21-17(15)11-19(2)13-8-9-20-12-13/h4-7,13,18H,3,8-12H2,1-2H3. The van der Waals surface area contributed by atoms with E-state index in [4.69, 9.17) is 9.15 Å². The first-order chi connectivity index (χ1) is 10.3. The topological polar surface area (TPSA) is 37.6 Å². The average molecular weight is 288 g/mol. The molecule has 21 heavy (non-hydrogen) atoms. The van der Waals surface area contributed by atoms with Gasteiger partial charge in [0, 0.05) is 30.1 Å². The number of nitrogens with zero attached hydrogens (tertiary/aromatic N) is 1. The summed E-state index contributed by atoms with van der Waals surface area (Å²) in [7, 11) is 2.16. The normalized spacial score (nSPS) is 18.9. The predicted octanol–water partition coefficient (Wildman–Crippen LogP) is 2.76. The third-order valence-electron chi connectivity index (χ3n) is 4.26. The van der Waals surface area contributed by atoms with E-state index in [9.17, 15) is 0 Å². The Labute approximate surface area is 126 Å². The molecule has 114 valence electrons. The number of hydrogen-bond acceptors (Lipinski definition) is 4. The number of fused-ring (bicyclic) bond motifs is 1. The Morgan fingerprint density at radius 2 is 2.19 bits per heavy atom. The van der Waals surface area contributed by atoms with Crippen LogP contribution in [0, 0.1) is 0 Å². The van der Waals surface area contributed by atoms with Gasteiger partial charge in [0.2, 0.25) is 0 Å². The van der Waals surface area contributed by atoms with E-state index in [0.717, 1.165) is 50.6 Å². The van der Waals surface area contributed by atoms with Gasteiger partial charge in [0.1, 0.15) is 11.3 Å². The summed E-state index contributed by atoms with van der Waals surface area (Å²) in [5.74, 6) is 1.08. The molecule has 1 aliphatic heterocycles. The van der Waals surface area contributed by atoms with Crippen molar-refractivity contribution in [2.45, 2.75) is 32.5 Å². The van der Waals surface area contributed by atoms with Gasteiger partial charge in [-0.15, -0.1) is 0 Å². The van der Waals surface area contributed by atoms with Gasteiger partial charge in [0.05, 0.1) is 13.2 Å². The summed E-state index contributed by atoms with van der Waals surface area (Å²) in [5, 5.41) is 4.65. The van der Waals surface area contributed by atoms with Crippen molar-refractivity contribution in [3.63, 3.8) is 0 Å². The lowest BCUT2D eigenvalue weighted by Crippen LogP contribution is -2.31. The van der Waals surface area contributed by atoms with Gasteiger partial charge in [-0.2, -0.15) is 0 Å². The van der Waals surface area contributed by atoms with Crippen molar-refractivity contribution in [2.75, 3.05) is 26.8 Å². The van der Waals surface area contributed by atoms with Crippen LogP contribution in [-0.4, -0.2) is 37.7 Å². The van der Waals surface area contributed by atoms with Gasteiger partial charge in [-0.25, -0.2) is 0 Å². The van der Waals surface area contributed by atoms with Crippen molar-refractivity contribution in [3.05, 3.63) is 35.6 Å². The summed E-state index contributed by atoms with van der Waals surface area (Å²) in [6, 6.07) is 8.80. The van der Waals surface area contributed by atoms with Crippen LogP contribution in [0.25, 0.3) is 11.0 Å². The largest absolute Gasteiger partial charge is 0.459 e. The van der Waals surface area contributed by atoms with Crippen molar-refractivity contribution in [3.8, 4) is 0 Å². The molecule has 4 heteroatoms. The number of furan rings is 1. The second-order valence-corrected chi connectivity index (χ2v) is 5.71. The smallest absolute Gasteiger partial charge is 0.134 e. The Morgan fingerprint density at radius 3 is 2.95 bits per heavy atom. The molecule has 4 nitrogen and oxygen atoms in total. The Hall–Kier alpha value is -1.36. The lowest BCUT2D eigenvalue weighted by atomic mass is 10.1. The second kappa shape index (κ2) is 6.60. The van der Waals surface area contributed by atoms with Gasteiger partial charge in [-0.3, -0.25) is 4.90 Å². The highest BCUT2D eigenvalue weighted by Gasteiger charge is 2.23. The van der Waals surface area contributed by atoms with E-state index in [1.807, 2.05) is 12.1 Å². The van der Waals surface area contributed by atoms with Crippen molar-refractivity contribution < 1.29 is 9.15 Å². The van der Waals surface area contributed by atoms with Crippen LogP contribution in [0.2, 0.25) is 0 Å². The van der Waals surface area contributed by atoms with E-state index in [-0.39, 0.29) is 0 Å². The van der Waals surface area contributed by atoms with Crippen LogP contribution in [0.4, 0.5) is 0 Å². The van der Waals surface area contributed by atoms with E-state index in [1.54, 1.807) is 0 Å². The van der Waals surface area contributed by atoms with E-state index in [2.05, 4.69) is 36.3 Å². The van der Waals surface area contributed by atoms with Crippen molar-refractivity contribution in [1.82, 2.24) is 10.2 Å². The molecule has 1 aliphatic rings. The molecule has 0 spiro atoms. The number of nitrogens with one attached hydrogen (secondary N) is 1. The van der Waals surface area contributed by atoms with Crippen LogP contribution < -0.4 is 5.32 Å². The first-order valence-electron chi connectivity index (χ1n) is 7.77. The third-order valence-corrected chi connectivity index (χ3v) is 4.26. The molecule has 1 saturated heterocycles. The van der Waals surface area contributed by atoms with Gasteiger partial charge in [0.25, 0.3) is 0 Å². The molecule has 1 fully saturated rings. The molecule has 1 aromatic carbocycles. The molecule has 0 bridgehead atoms. The van der Waals surface area contributed by atoms with Crippen LogP contribution in [0.1, 0.15) is 24.7 Å². The fourth-order valence-electron chi connectivity index (χ4n) is 2.95. The number of rotatable bonds is 6. The van der Waals surface area contributed by atoms with Crippen LogP contribution in [0.3, 0.4) is 0 Å². The van der Waals surface area contributed by atoms with Crippen LogP contribution in [-0.2, 0) is 17.8 Å². The van der Waals surface area contributed by atoms with Crippen LogP contribution in [0.15, 0.2) is 28.7 Å². The maximum Gasteiger partial charge on any atom is 0.134 e. The molecule has 0 amide bonds. The number of likely N-dealkylation sites (N-methyl/N-ethyl adjacent to an activating group) is 1. The Balaban J connectivity index is 1.85. The van der Waals surface area contributed by atoms with Gasteiger partial charge in [-0.1, -0.05) is 25.1 Å². The molecule has 0 radical (unpaired) electrons. The summed E-state index contributed by atoms with van der Waals surface area (Å²) >= 11 is 0. The lowest BCUT2D eigenvalue weighted by Gasteiger charge is -2.22. The molecule has 2 heterocycles. The number of para-hydroxylation sites is 1. The van der Waals surface area contributed by atoms with Gasteiger partial charge >= 0.3 is 0 Å². The highest BCUT2D eigenvalue weighted by atomic mass is 16.5. The second-order valence-electron chi connectivity index (χ2n) is 5.71. The molecule has 1 aromatic heterocycles. The highest BCUT2D eigenvalue weighted by Crippen LogP contribution is 2.27. The lowest BCUT2D eigenvalue weighted by molar-refractivity contribution is 0.152. The predicted molar refractivity (Wildman–Crippen MR) is 84.3 cm³/mol. The number of hydrogen-bond donors (Lipinski definition) is 1. The quantitative estimate of drug-likeness (QED) is 0.887. The SMILES string of the molecule is CCNCc1c(CN(C)C2CCOC2)oc2ccccc12. The minimum atomic E-state index is 0.505. The highest BCUT2D eigenvalue weighted by molar-refractivity contribution is 5.82. The monoisotopic (exact) mass is 288 g/mol. The van der Waals surface area contributed by atoms with Crippen molar-refractivity contribution in [2.24, 2.45) is 0 Å². The summed E-state index contributed by atoms with van der Waals surface area (Å²) in [4.78, 5) is 2.35. The van der Waals surface area contributed by atoms with Gasteiger partial charge in [0.15, 0.2) is 0 Å². The first-order valence-corrected chi connectivity index (χ1v) is 7.77. The zero-order valence-corrected chi connectivity index (χ0v) is 12.9. The third kappa shape index (κ3) is 3.12. The average Bonchev–Trinajstić information content (AvgIpc) is 3.13. The molecule has 1 unspecified atom stereocenters. The van der Waals surface area contributed by atoms with E-state index in [0.29, 0.717) is 6.04 Å². The van der Waals surface area contributed by atoms with Crippen molar-refractivity contribution >= 4 is 11.0 Å². The fourth-order valence-corrected chi connectivity index (χ4v) is 2.95. The summed E-state index contributed by atoms with van der Waals surface area (Å²) in [5.41, 5.74) is 2.27. The molecule has 0 saturated carbocycles. The molecular weight excluding hydrogens is 264 g/mol. The fraction of sp³-hybridized carbons (Fsp3) is 0.529. The maximum absolute atomic E-state index is 6.10. The molecule has 1 atom stereocenters. The maximum atomic E-state index is 6.10. The zero-order chi connectivity index (χ0) is 14.7. The first kappa shape index (κ1) is 14.6. The summed E-state index contributed by atoms with van der Waals surface area (Å²) in [6.07, 6.45) is 1.11. The van der Waals surface area contributed by atoms with E-state index >= 15 is 0 Å². The Bertz CT molecular complexity index is 587. The van der Waals surface area contributed by atoms with Crippen LogP contribution >= 0.6 is 0 Å². The molecule has 1 N–H and O–H groups in total. The minimum Gasteiger partial charge on any atom is -0.459 e. The molecule has 3 rings (SSSR count). The van der Waals surface area contributed by atoms with Crippen molar-refractivity contribution in [1.29, 1.82) is 0 Å². The Kier molecular flexibility index (Phi) is 4.58. The number of benzene rings is 1. The summed E-state index contributed by atoms with van der Waals surface area (Å²) in [6.45, 7) is 6.50. The van der Waals surface area contributed by atoms with E-state index in [1.165, 1.54) is 10.9 Å². The molecule has 0 aliphatic carbocycles. The Morgan fingerprint density at radius 1 is 1.33 bits per heavy atom. The minimum absolute atomic E-state index is 0.505. The van der Waals surface area contributed by atoms with Crippen LogP contribution in [0.5, 0.6) is 0 Å². The number of ether oxygens (including phenoxy) is 1. The molecule has 2 aromatic rings. The van der Waals surface area contributed by atoms with Gasteiger partial charge < -0.3 is 14.5 Å². The zero-order valence-electron chi connectivity index (χ0n) is 12.9. The molecular formula is C17H24N2O2. The summed E-state index contributed by atoms with van der Waals surface area (Å²) < 4.78 is 11.6. The van der Waals surface area contributed by atoms with Gasteiger partial charge in [-0.05, 0) is 26.1 Å². The van der Waals surface area contributed by atoms with E-state index < -0.39 is 0 Å².